The molecule has 2 amide bonds. The molecule has 2 aromatic carbocycles. The second-order valence-electron chi connectivity index (χ2n) is 8.70. The molecule has 0 bridgehead atoms. The lowest BCUT2D eigenvalue weighted by Gasteiger charge is -2.33. The number of rotatable bonds is 3. The minimum absolute atomic E-state index is 0.0866. The summed E-state index contributed by atoms with van der Waals surface area (Å²) in [6, 6.07) is 12.6. The lowest BCUT2D eigenvalue weighted by molar-refractivity contribution is -0.123. The molecule has 0 aromatic heterocycles. The molecule has 0 aliphatic carbocycles. The van der Waals surface area contributed by atoms with Crippen molar-refractivity contribution in [2.75, 3.05) is 42.6 Å². The minimum atomic E-state index is -3.73. The lowest BCUT2D eigenvalue weighted by atomic mass is 9.96. The van der Waals surface area contributed by atoms with Crippen LogP contribution in [0.3, 0.4) is 0 Å². The highest BCUT2D eigenvalue weighted by Gasteiger charge is 2.36. The standard InChI is InChI=1S/C24H27N3O5S/c1-17(28)26-14-15-32-23-16-20(6-7-22(23)26)33(30,31)25-11-8-19(9-12-25)24(29)27-13-10-18-4-2-3-5-21(18)27/h2-7,16,19H,8-15H2,1H3. The third-order valence-corrected chi connectivity index (χ3v) is 8.66. The largest absolute Gasteiger partial charge is 0.489 e. The number of nitrogens with zero attached hydrogens (tertiary/aromatic N) is 3. The number of hydrogen-bond acceptors (Lipinski definition) is 5. The van der Waals surface area contributed by atoms with Crippen molar-refractivity contribution >= 4 is 33.2 Å². The van der Waals surface area contributed by atoms with Crippen molar-refractivity contribution in [2.24, 2.45) is 5.92 Å². The SMILES string of the molecule is CC(=O)N1CCOc2cc(S(=O)(=O)N3CCC(C(=O)N4CCc5ccccc54)CC3)ccc21. The van der Waals surface area contributed by atoms with E-state index in [1.807, 2.05) is 23.1 Å². The Bertz CT molecular complexity index is 1200. The quantitative estimate of drug-likeness (QED) is 0.689. The predicted octanol–water partition coefficient (Wildman–Crippen LogP) is 2.42. The Balaban J connectivity index is 1.28. The first kappa shape index (κ1) is 21.9. The number of ether oxygens (including phenoxy) is 1. The molecule has 0 radical (unpaired) electrons. The molecule has 0 atom stereocenters. The van der Waals surface area contributed by atoms with Gasteiger partial charge in [-0.25, -0.2) is 8.42 Å². The summed E-state index contributed by atoms with van der Waals surface area (Å²) >= 11 is 0. The van der Waals surface area contributed by atoms with Gasteiger partial charge in [-0.2, -0.15) is 4.31 Å². The lowest BCUT2D eigenvalue weighted by Crippen LogP contribution is -2.44. The number of anilines is 2. The Morgan fingerprint density at radius 3 is 2.45 bits per heavy atom. The Morgan fingerprint density at radius 1 is 0.939 bits per heavy atom. The molecule has 0 saturated carbocycles. The van der Waals surface area contributed by atoms with Crippen LogP contribution in [-0.2, 0) is 26.0 Å². The topological polar surface area (TPSA) is 87.2 Å². The number of para-hydroxylation sites is 1. The maximum Gasteiger partial charge on any atom is 0.243 e. The Kier molecular flexibility index (Phi) is 5.62. The Labute approximate surface area is 193 Å². The van der Waals surface area contributed by atoms with Gasteiger partial charge in [-0.05, 0) is 43.0 Å². The van der Waals surface area contributed by atoms with Crippen molar-refractivity contribution in [3.8, 4) is 5.75 Å². The number of fused-ring (bicyclic) bond motifs is 2. The zero-order chi connectivity index (χ0) is 23.2. The van der Waals surface area contributed by atoms with Gasteiger partial charge in [0.15, 0.2) is 0 Å². The van der Waals surface area contributed by atoms with Crippen LogP contribution >= 0.6 is 0 Å². The van der Waals surface area contributed by atoms with Crippen molar-refractivity contribution in [3.05, 3.63) is 48.0 Å². The van der Waals surface area contributed by atoms with Gasteiger partial charge < -0.3 is 14.5 Å². The second-order valence-corrected chi connectivity index (χ2v) is 10.6. The van der Waals surface area contributed by atoms with Crippen LogP contribution < -0.4 is 14.5 Å². The summed E-state index contributed by atoms with van der Waals surface area (Å²) in [5, 5.41) is 0. The first-order chi connectivity index (χ1) is 15.9. The molecule has 9 heteroatoms. The number of benzene rings is 2. The van der Waals surface area contributed by atoms with Crippen LogP contribution in [0.2, 0.25) is 0 Å². The smallest absolute Gasteiger partial charge is 0.243 e. The van der Waals surface area contributed by atoms with Crippen LogP contribution in [0.4, 0.5) is 11.4 Å². The molecule has 0 N–H and O–H groups in total. The van der Waals surface area contributed by atoms with Gasteiger partial charge in [0.1, 0.15) is 12.4 Å². The average Bonchev–Trinajstić information content (AvgIpc) is 3.27. The summed E-state index contributed by atoms with van der Waals surface area (Å²) in [6.45, 7) is 3.52. The minimum Gasteiger partial charge on any atom is -0.489 e. The van der Waals surface area contributed by atoms with Gasteiger partial charge in [0.25, 0.3) is 0 Å². The summed E-state index contributed by atoms with van der Waals surface area (Å²) in [4.78, 5) is 28.6. The van der Waals surface area contributed by atoms with E-state index in [2.05, 4.69) is 6.07 Å². The first-order valence-electron chi connectivity index (χ1n) is 11.3. The third kappa shape index (κ3) is 3.89. The van der Waals surface area contributed by atoms with E-state index < -0.39 is 10.0 Å². The zero-order valence-electron chi connectivity index (χ0n) is 18.6. The molecule has 5 rings (SSSR count). The second kappa shape index (κ2) is 8.46. The van der Waals surface area contributed by atoms with E-state index in [-0.39, 0.29) is 22.6 Å². The average molecular weight is 470 g/mol. The molecule has 8 nitrogen and oxygen atoms in total. The molecule has 33 heavy (non-hydrogen) atoms. The molecule has 3 aliphatic heterocycles. The van der Waals surface area contributed by atoms with Crippen LogP contribution in [-0.4, -0.2) is 57.3 Å². The van der Waals surface area contributed by atoms with E-state index >= 15 is 0 Å². The summed E-state index contributed by atoms with van der Waals surface area (Å²) in [5.74, 6) is 0.194. The number of piperidine rings is 1. The van der Waals surface area contributed by atoms with Crippen LogP contribution in [0.5, 0.6) is 5.75 Å². The van der Waals surface area contributed by atoms with E-state index in [4.69, 9.17) is 4.74 Å². The zero-order valence-corrected chi connectivity index (χ0v) is 19.4. The normalized spacial score (nSPS) is 19.1. The summed E-state index contributed by atoms with van der Waals surface area (Å²) in [7, 11) is -3.73. The number of carbonyl (C=O) groups is 2. The summed E-state index contributed by atoms with van der Waals surface area (Å²) in [6.07, 6.45) is 1.85. The van der Waals surface area contributed by atoms with Gasteiger partial charge in [0.05, 0.1) is 17.1 Å². The molecule has 174 valence electrons. The molecule has 0 unspecified atom stereocenters. The van der Waals surface area contributed by atoms with Crippen molar-refractivity contribution < 1.29 is 22.7 Å². The van der Waals surface area contributed by atoms with E-state index in [9.17, 15) is 18.0 Å². The first-order valence-corrected chi connectivity index (χ1v) is 12.7. The van der Waals surface area contributed by atoms with Crippen molar-refractivity contribution in [2.45, 2.75) is 31.1 Å². The molecular formula is C24H27N3O5S. The highest BCUT2D eigenvalue weighted by molar-refractivity contribution is 7.89. The predicted molar refractivity (Wildman–Crippen MR) is 124 cm³/mol. The number of amides is 2. The van der Waals surface area contributed by atoms with E-state index in [1.54, 1.807) is 11.0 Å². The van der Waals surface area contributed by atoms with Crippen molar-refractivity contribution in [3.63, 3.8) is 0 Å². The molecule has 1 fully saturated rings. The number of sulfonamides is 1. The van der Waals surface area contributed by atoms with Crippen LogP contribution in [0.15, 0.2) is 47.4 Å². The van der Waals surface area contributed by atoms with Gasteiger partial charge in [-0.1, -0.05) is 18.2 Å². The molecule has 3 heterocycles. The van der Waals surface area contributed by atoms with E-state index in [0.717, 1.165) is 12.1 Å². The van der Waals surface area contributed by atoms with Crippen molar-refractivity contribution in [1.29, 1.82) is 0 Å². The molecule has 3 aliphatic rings. The maximum absolute atomic E-state index is 13.3. The molecule has 1 saturated heterocycles. The van der Waals surface area contributed by atoms with Crippen LogP contribution in [0.25, 0.3) is 0 Å². The molecule has 2 aromatic rings. The van der Waals surface area contributed by atoms with Crippen LogP contribution in [0.1, 0.15) is 25.3 Å². The van der Waals surface area contributed by atoms with E-state index in [0.29, 0.717) is 57.1 Å². The Hall–Kier alpha value is -2.91. The fraction of sp³-hybridized carbons (Fsp3) is 0.417. The van der Waals surface area contributed by atoms with Gasteiger partial charge in [-0.15, -0.1) is 0 Å². The monoisotopic (exact) mass is 469 g/mol. The van der Waals surface area contributed by atoms with Gasteiger partial charge in [0, 0.05) is 44.2 Å². The fourth-order valence-electron chi connectivity index (χ4n) is 4.97. The van der Waals surface area contributed by atoms with Gasteiger partial charge >= 0.3 is 0 Å². The summed E-state index contributed by atoms with van der Waals surface area (Å²) in [5.41, 5.74) is 2.75. The van der Waals surface area contributed by atoms with Crippen molar-refractivity contribution in [1.82, 2.24) is 4.31 Å². The van der Waals surface area contributed by atoms with Gasteiger partial charge in [-0.3, -0.25) is 9.59 Å². The third-order valence-electron chi connectivity index (χ3n) is 6.77. The molecular weight excluding hydrogens is 442 g/mol. The number of carbonyl (C=O) groups excluding carboxylic acids is 2. The molecule has 0 spiro atoms. The van der Waals surface area contributed by atoms with Gasteiger partial charge in [0.2, 0.25) is 21.8 Å². The Morgan fingerprint density at radius 2 is 1.70 bits per heavy atom. The van der Waals surface area contributed by atoms with E-state index in [1.165, 1.54) is 28.9 Å². The number of hydrogen-bond donors (Lipinski definition) is 0. The highest BCUT2D eigenvalue weighted by atomic mass is 32.2. The fourth-order valence-corrected chi connectivity index (χ4v) is 6.45. The maximum atomic E-state index is 13.3. The van der Waals surface area contributed by atoms with Crippen LogP contribution in [0, 0.1) is 5.92 Å². The summed E-state index contributed by atoms with van der Waals surface area (Å²) < 4.78 is 33.6. The highest BCUT2D eigenvalue weighted by Crippen LogP contribution is 2.36.